The highest BCUT2D eigenvalue weighted by Crippen LogP contribution is 2.00. The fraction of sp³-hybridized carbons (Fsp3) is 0.125. The van der Waals surface area contributed by atoms with Crippen LogP contribution in [0.15, 0.2) is 30.3 Å². The van der Waals surface area contributed by atoms with Crippen molar-refractivity contribution in [2.75, 3.05) is 0 Å². The van der Waals surface area contributed by atoms with Crippen molar-refractivity contribution < 1.29 is 5.21 Å². The first-order valence-corrected chi connectivity index (χ1v) is 3.54. The fourth-order valence-corrected chi connectivity index (χ4v) is 0.842. The maximum atomic E-state index is 9.06. The Morgan fingerprint density at radius 3 is 2.50 bits per heavy atom. The second-order valence-electron chi connectivity index (χ2n) is 2.43. The van der Waals surface area contributed by atoms with Crippen LogP contribution in [0.4, 0.5) is 0 Å². The van der Waals surface area contributed by atoms with Gasteiger partial charge in [0, 0.05) is 0 Å². The molecule has 64 valence electrons. The molecule has 0 heterocycles. The van der Waals surface area contributed by atoms with Crippen LogP contribution < -0.4 is 5.73 Å². The summed E-state index contributed by atoms with van der Waals surface area (Å²) >= 11 is 0. The third-order valence-electron chi connectivity index (χ3n) is 1.45. The topological polar surface area (TPSA) is 73.3 Å². The van der Waals surface area contributed by atoms with E-state index in [1.54, 1.807) is 0 Å². The van der Waals surface area contributed by atoms with Gasteiger partial charge in [0.1, 0.15) is 0 Å². The quantitative estimate of drug-likeness (QED) is 0.344. The number of nitrogens with zero attached hydrogens (tertiary/aromatic N) is 1. The predicted molar refractivity (Wildman–Crippen MR) is 45.7 cm³/mol. The van der Waals surface area contributed by atoms with Gasteiger partial charge in [-0.1, -0.05) is 30.3 Å². The first-order chi connectivity index (χ1) is 5.70. The number of rotatable bonds is 2. The van der Waals surface area contributed by atoms with Gasteiger partial charge in [-0.05, 0) is 5.56 Å². The predicted octanol–water partition coefficient (Wildman–Crippen LogP) is 0.771. The van der Waals surface area contributed by atoms with Crippen LogP contribution in [0.1, 0.15) is 5.56 Å². The molecule has 4 heteroatoms. The Labute approximate surface area is 70.7 Å². The largest absolute Gasteiger partial charge is 0.368 e. The summed E-state index contributed by atoms with van der Waals surface area (Å²) in [6.07, 6.45) is 0. The van der Waals surface area contributed by atoms with Crippen molar-refractivity contribution in [1.29, 1.82) is 5.41 Å². The van der Waals surface area contributed by atoms with Gasteiger partial charge in [-0.2, -0.15) is 0 Å². The minimum Gasteiger partial charge on any atom is -0.368 e. The van der Waals surface area contributed by atoms with Gasteiger partial charge >= 0.3 is 0 Å². The van der Waals surface area contributed by atoms with Crippen molar-refractivity contribution >= 4 is 5.96 Å². The van der Waals surface area contributed by atoms with Crippen LogP contribution >= 0.6 is 0 Å². The molecule has 0 spiro atoms. The lowest BCUT2D eigenvalue weighted by Gasteiger charge is -2.13. The number of hydrogen-bond donors (Lipinski definition) is 3. The number of benzene rings is 1. The van der Waals surface area contributed by atoms with Gasteiger partial charge in [0.15, 0.2) is 0 Å². The van der Waals surface area contributed by atoms with Gasteiger partial charge in [0.25, 0.3) is 0 Å². The molecule has 4 N–H and O–H groups in total. The van der Waals surface area contributed by atoms with E-state index in [0.29, 0.717) is 5.06 Å². The van der Waals surface area contributed by atoms with E-state index in [1.165, 1.54) is 0 Å². The van der Waals surface area contributed by atoms with Crippen LogP contribution in [-0.4, -0.2) is 16.2 Å². The van der Waals surface area contributed by atoms with Crippen molar-refractivity contribution in [2.45, 2.75) is 6.54 Å². The minimum absolute atomic E-state index is 0.246. The molecule has 0 amide bonds. The molecular formula is C8H11N3O. The molecule has 1 aromatic rings. The molecule has 0 saturated carbocycles. The Morgan fingerprint density at radius 1 is 1.42 bits per heavy atom. The van der Waals surface area contributed by atoms with Crippen LogP contribution in [0, 0.1) is 5.41 Å². The lowest BCUT2D eigenvalue weighted by Crippen LogP contribution is -2.32. The number of nitrogens with two attached hydrogens (primary N) is 1. The average Bonchev–Trinajstić information content (AvgIpc) is 2.06. The molecule has 0 aromatic heterocycles. The summed E-state index contributed by atoms with van der Waals surface area (Å²) in [5.74, 6) is -0.348. The summed E-state index contributed by atoms with van der Waals surface area (Å²) in [6, 6.07) is 9.32. The van der Waals surface area contributed by atoms with Crippen LogP contribution in [0.5, 0.6) is 0 Å². The minimum atomic E-state index is -0.348. The standard InChI is InChI=1S/C8H11N3O/c9-8(10)11(12)6-7-4-2-1-3-5-7/h1-5,12H,6H2,(H3,9,10). The number of hydrogen-bond acceptors (Lipinski definition) is 2. The molecule has 0 aliphatic rings. The van der Waals surface area contributed by atoms with Crippen molar-refractivity contribution in [3.63, 3.8) is 0 Å². The maximum Gasteiger partial charge on any atom is 0.212 e. The highest BCUT2D eigenvalue weighted by Gasteiger charge is 2.01. The van der Waals surface area contributed by atoms with E-state index >= 15 is 0 Å². The molecule has 1 aromatic carbocycles. The molecule has 0 aliphatic heterocycles. The average molecular weight is 165 g/mol. The first-order valence-electron chi connectivity index (χ1n) is 3.54. The highest BCUT2D eigenvalue weighted by molar-refractivity contribution is 5.73. The van der Waals surface area contributed by atoms with E-state index in [0.717, 1.165) is 5.56 Å². The van der Waals surface area contributed by atoms with Gasteiger partial charge in [-0.25, -0.2) is 5.06 Å². The monoisotopic (exact) mass is 165 g/mol. The Hall–Kier alpha value is -1.55. The van der Waals surface area contributed by atoms with E-state index in [9.17, 15) is 0 Å². The molecule has 0 fully saturated rings. The Balaban J connectivity index is 2.58. The third-order valence-corrected chi connectivity index (χ3v) is 1.45. The molecule has 0 saturated heterocycles. The summed E-state index contributed by atoms with van der Waals surface area (Å²) in [5, 5.41) is 16.7. The molecule has 0 atom stereocenters. The Morgan fingerprint density at radius 2 is 2.00 bits per heavy atom. The van der Waals surface area contributed by atoms with Crippen molar-refractivity contribution in [1.82, 2.24) is 5.06 Å². The molecule has 0 bridgehead atoms. The van der Waals surface area contributed by atoms with E-state index in [-0.39, 0.29) is 12.5 Å². The van der Waals surface area contributed by atoms with Crippen LogP contribution in [-0.2, 0) is 6.54 Å². The van der Waals surface area contributed by atoms with Crippen molar-refractivity contribution in [3.05, 3.63) is 35.9 Å². The number of nitrogens with one attached hydrogen (secondary N) is 1. The Bertz CT molecular complexity index is 260. The van der Waals surface area contributed by atoms with Gasteiger partial charge < -0.3 is 5.73 Å². The Kier molecular flexibility index (Phi) is 2.66. The number of guanidine groups is 1. The zero-order valence-corrected chi connectivity index (χ0v) is 6.57. The van der Waals surface area contributed by atoms with E-state index in [2.05, 4.69) is 0 Å². The summed E-state index contributed by atoms with van der Waals surface area (Å²) in [5.41, 5.74) is 5.96. The second-order valence-corrected chi connectivity index (χ2v) is 2.43. The van der Waals surface area contributed by atoms with E-state index < -0.39 is 0 Å². The lowest BCUT2D eigenvalue weighted by molar-refractivity contribution is -0.0252. The summed E-state index contributed by atoms with van der Waals surface area (Å²) < 4.78 is 0. The summed E-state index contributed by atoms with van der Waals surface area (Å²) in [4.78, 5) is 0. The maximum absolute atomic E-state index is 9.06. The molecule has 1 rings (SSSR count). The van der Waals surface area contributed by atoms with Crippen molar-refractivity contribution in [2.24, 2.45) is 5.73 Å². The zero-order valence-electron chi connectivity index (χ0n) is 6.57. The molecule has 0 radical (unpaired) electrons. The zero-order chi connectivity index (χ0) is 8.97. The van der Waals surface area contributed by atoms with Crippen molar-refractivity contribution in [3.8, 4) is 0 Å². The summed E-state index contributed by atoms with van der Waals surface area (Å²) in [6.45, 7) is 0.246. The third kappa shape index (κ3) is 2.25. The molecule has 0 aliphatic carbocycles. The second kappa shape index (κ2) is 3.73. The van der Waals surface area contributed by atoms with Crippen LogP contribution in [0.3, 0.4) is 0 Å². The van der Waals surface area contributed by atoms with Gasteiger partial charge in [-0.15, -0.1) is 0 Å². The SMILES string of the molecule is N=C(N)N(O)Cc1ccccc1. The lowest BCUT2D eigenvalue weighted by atomic mass is 10.2. The smallest absolute Gasteiger partial charge is 0.212 e. The van der Waals surface area contributed by atoms with E-state index in [4.69, 9.17) is 16.4 Å². The highest BCUT2D eigenvalue weighted by atomic mass is 16.5. The normalized spacial score (nSPS) is 9.42. The van der Waals surface area contributed by atoms with E-state index in [1.807, 2.05) is 30.3 Å². The first kappa shape index (κ1) is 8.55. The molecule has 4 nitrogen and oxygen atoms in total. The number of hydroxylamine groups is 2. The molecule has 0 unspecified atom stereocenters. The molecule has 12 heavy (non-hydrogen) atoms. The van der Waals surface area contributed by atoms with Crippen LogP contribution in [0.2, 0.25) is 0 Å². The van der Waals surface area contributed by atoms with Gasteiger partial charge in [-0.3, -0.25) is 10.6 Å². The fourth-order valence-electron chi connectivity index (χ4n) is 0.842. The van der Waals surface area contributed by atoms with Crippen LogP contribution in [0.25, 0.3) is 0 Å². The molecular weight excluding hydrogens is 154 g/mol. The summed E-state index contributed by atoms with van der Waals surface area (Å²) in [7, 11) is 0. The van der Waals surface area contributed by atoms with Gasteiger partial charge in [0.05, 0.1) is 6.54 Å². The van der Waals surface area contributed by atoms with Gasteiger partial charge in [0.2, 0.25) is 5.96 Å².